The van der Waals surface area contributed by atoms with E-state index in [1.165, 1.54) is 0 Å². The Morgan fingerprint density at radius 1 is 0.642 bits per heavy atom. The van der Waals surface area contributed by atoms with Crippen LogP contribution in [-0.2, 0) is 24.7 Å². The minimum atomic E-state index is -4.54. The smallest absolute Gasteiger partial charge is 0.340 e. The summed E-state index contributed by atoms with van der Waals surface area (Å²) in [6.45, 7) is 4.06. The van der Waals surface area contributed by atoms with Crippen molar-refractivity contribution in [1.82, 2.24) is 29.8 Å². The Morgan fingerprint density at radius 3 is 1.74 bits per heavy atom. The maximum atomic E-state index is 14.0. The van der Waals surface area contributed by atoms with Crippen LogP contribution in [0.15, 0.2) is 152 Å². The Hall–Kier alpha value is -6.35. The third-order valence-electron chi connectivity index (χ3n) is 9.85. The molecule has 53 heavy (non-hydrogen) atoms. The highest BCUT2D eigenvalue weighted by atomic mass is 19.4. The highest BCUT2D eigenvalue weighted by Crippen LogP contribution is 2.41. The van der Waals surface area contributed by atoms with E-state index in [-0.39, 0.29) is 5.39 Å². The zero-order chi connectivity index (χ0) is 36.6. The number of hydrogen-bond donors (Lipinski definition) is 0. The van der Waals surface area contributed by atoms with Gasteiger partial charge in [0, 0.05) is 28.9 Å². The summed E-state index contributed by atoms with van der Waals surface area (Å²) in [5.74, 6) is 0.479. The van der Waals surface area contributed by atoms with Gasteiger partial charge in [-0.15, -0.1) is 15.0 Å². The molecule has 0 N–H and O–H groups in total. The van der Waals surface area contributed by atoms with E-state index < -0.39 is 17.4 Å². The summed E-state index contributed by atoms with van der Waals surface area (Å²) < 4.78 is 43.8. The average Bonchev–Trinajstić information content (AvgIpc) is 3.80. The number of rotatable bonds is 9. The Kier molecular flexibility index (Phi) is 8.70. The lowest BCUT2D eigenvalue weighted by molar-refractivity contribution is -0.139. The van der Waals surface area contributed by atoms with Gasteiger partial charge in [0.05, 0.1) is 5.52 Å². The second kappa shape index (κ2) is 13.7. The Morgan fingerprint density at radius 2 is 1.19 bits per heavy atom. The number of halogens is 3. The quantitative estimate of drug-likeness (QED) is 0.140. The molecule has 0 aliphatic carbocycles. The molecular weight excluding hydrogens is 670 g/mol. The van der Waals surface area contributed by atoms with Gasteiger partial charge < -0.3 is 4.57 Å². The lowest BCUT2D eigenvalue weighted by Gasteiger charge is -2.34. The Bertz CT molecular complexity index is 2410. The minimum Gasteiger partial charge on any atom is -0.340 e. The van der Waals surface area contributed by atoms with E-state index in [0.717, 1.165) is 44.6 Å². The topological polar surface area (TPSA) is 61.4 Å². The van der Waals surface area contributed by atoms with Crippen LogP contribution in [0.5, 0.6) is 0 Å². The molecule has 0 aliphatic rings. The fourth-order valence-corrected chi connectivity index (χ4v) is 7.29. The van der Waals surface area contributed by atoms with E-state index in [0.29, 0.717) is 30.0 Å². The normalized spacial score (nSPS) is 12.0. The van der Waals surface area contributed by atoms with E-state index in [2.05, 4.69) is 46.5 Å². The van der Waals surface area contributed by atoms with Gasteiger partial charge in [-0.3, -0.25) is 0 Å². The molecule has 0 radical (unpaired) electrons. The molecule has 0 fully saturated rings. The Balaban J connectivity index is 1.18. The highest BCUT2D eigenvalue weighted by molar-refractivity contribution is 5.85. The minimum absolute atomic E-state index is 0.120. The standard InChI is InChI=1S/C44H35F3N6/c1-3-36-28-40-39(41(48-36)44(45,46)47)27-30(2)52(40)29-31-23-25-32(26-24-31)37-21-13-14-22-38(37)42-49-51-53(50-42)43(33-15-7-4-8-16-33,34-17-9-5-10-18-34)35-19-11-6-12-20-35/h4-28H,3,29H2,1-2H3. The van der Waals surface area contributed by atoms with E-state index in [1.807, 2.05) is 122 Å². The largest absolute Gasteiger partial charge is 0.434 e. The van der Waals surface area contributed by atoms with Gasteiger partial charge in [0.15, 0.2) is 11.2 Å². The predicted octanol–water partition coefficient (Wildman–Crippen LogP) is 10.1. The van der Waals surface area contributed by atoms with Gasteiger partial charge in [0.1, 0.15) is 0 Å². The van der Waals surface area contributed by atoms with Crippen LogP contribution in [0.3, 0.4) is 0 Å². The number of hydrogen-bond acceptors (Lipinski definition) is 4. The number of aromatic nitrogens is 6. The van der Waals surface area contributed by atoms with Crippen LogP contribution in [0.25, 0.3) is 33.4 Å². The van der Waals surface area contributed by atoms with E-state index in [1.54, 1.807) is 16.9 Å². The molecule has 0 saturated carbocycles. The molecule has 6 nitrogen and oxygen atoms in total. The summed E-state index contributed by atoms with van der Waals surface area (Å²) >= 11 is 0. The number of fused-ring (bicyclic) bond motifs is 1. The van der Waals surface area contributed by atoms with Gasteiger partial charge in [-0.25, -0.2) is 4.98 Å². The van der Waals surface area contributed by atoms with Gasteiger partial charge >= 0.3 is 6.18 Å². The third kappa shape index (κ3) is 6.08. The van der Waals surface area contributed by atoms with Crippen LogP contribution in [0.4, 0.5) is 13.2 Å². The molecule has 8 rings (SSSR count). The monoisotopic (exact) mass is 704 g/mol. The first kappa shape index (κ1) is 33.8. The van der Waals surface area contributed by atoms with Crippen molar-refractivity contribution in [2.24, 2.45) is 0 Å². The van der Waals surface area contributed by atoms with Crippen LogP contribution < -0.4 is 0 Å². The summed E-state index contributed by atoms with van der Waals surface area (Å²) in [4.78, 5) is 5.65. The molecule has 5 aromatic carbocycles. The SMILES string of the molecule is CCc1cc2c(cc(C)n2Cc2ccc(-c3ccccc3-c3nnn(C(c4ccccc4)(c4ccccc4)c4ccccc4)n3)cc2)c(C(F)(F)F)n1. The lowest BCUT2D eigenvalue weighted by atomic mass is 9.77. The zero-order valence-electron chi connectivity index (χ0n) is 29.2. The molecule has 0 spiro atoms. The molecule has 0 unspecified atom stereocenters. The number of alkyl halides is 3. The van der Waals surface area contributed by atoms with Gasteiger partial charge in [0.2, 0.25) is 5.82 Å². The van der Waals surface area contributed by atoms with Crippen molar-refractivity contribution in [2.45, 2.75) is 38.5 Å². The highest BCUT2D eigenvalue weighted by Gasteiger charge is 2.41. The van der Waals surface area contributed by atoms with Gasteiger partial charge in [0.25, 0.3) is 0 Å². The molecular formula is C44H35F3N6. The molecule has 0 atom stereocenters. The Labute approximate surface area is 305 Å². The fourth-order valence-electron chi connectivity index (χ4n) is 7.29. The number of nitrogens with zero attached hydrogens (tertiary/aromatic N) is 6. The first-order chi connectivity index (χ1) is 25.8. The lowest BCUT2D eigenvalue weighted by Crippen LogP contribution is -2.39. The second-order valence-corrected chi connectivity index (χ2v) is 13.1. The van der Waals surface area contributed by atoms with Crippen molar-refractivity contribution in [3.63, 3.8) is 0 Å². The van der Waals surface area contributed by atoms with Crippen molar-refractivity contribution in [3.8, 4) is 22.5 Å². The molecule has 3 aromatic heterocycles. The number of pyridine rings is 1. The molecule has 0 saturated heterocycles. The molecule has 9 heteroatoms. The first-order valence-corrected chi connectivity index (χ1v) is 17.5. The maximum absolute atomic E-state index is 14.0. The number of benzene rings is 5. The summed E-state index contributed by atoms with van der Waals surface area (Å²) in [6.07, 6.45) is -4.13. The number of tetrazole rings is 1. The van der Waals surface area contributed by atoms with Crippen molar-refractivity contribution < 1.29 is 13.2 Å². The fraction of sp³-hybridized carbons (Fsp3) is 0.136. The molecule has 0 aliphatic heterocycles. The first-order valence-electron chi connectivity index (χ1n) is 17.5. The van der Waals surface area contributed by atoms with Gasteiger partial charge in [-0.1, -0.05) is 146 Å². The predicted molar refractivity (Wildman–Crippen MR) is 201 cm³/mol. The molecule has 0 amide bonds. The van der Waals surface area contributed by atoms with Gasteiger partial charge in [-0.05, 0) is 64.1 Å². The van der Waals surface area contributed by atoms with Crippen molar-refractivity contribution in [3.05, 3.63) is 191 Å². The molecule has 262 valence electrons. The van der Waals surface area contributed by atoms with Crippen molar-refractivity contribution in [2.75, 3.05) is 0 Å². The van der Waals surface area contributed by atoms with Crippen molar-refractivity contribution >= 4 is 10.9 Å². The summed E-state index contributed by atoms with van der Waals surface area (Å²) in [5.41, 5.74) is 6.58. The third-order valence-corrected chi connectivity index (χ3v) is 9.85. The van der Waals surface area contributed by atoms with Gasteiger partial charge in [-0.2, -0.15) is 13.2 Å². The summed E-state index contributed by atoms with van der Waals surface area (Å²) in [5, 5.41) is 14.6. The number of aryl methyl sites for hydroxylation is 2. The summed E-state index contributed by atoms with van der Waals surface area (Å²) in [7, 11) is 0. The van der Waals surface area contributed by atoms with Crippen molar-refractivity contribution in [1.29, 1.82) is 0 Å². The zero-order valence-corrected chi connectivity index (χ0v) is 29.2. The average molecular weight is 705 g/mol. The van der Waals surface area contributed by atoms with E-state index >= 15 is 0 Å². The van der Waals surface area contributed by atoms with Crippen LogP contribution in [0.2, 0.25) is 0 Å². The second-order valence-electron chi connectivity index (χ2n) is 13.1. The van der Waals surface area contributed by atoms with Crippen LogP contribution in [0, 0.1) is 6.92 Å². The van der Waals surface area contributed by atoms with Crippen LogP contribution >= 0.6 is 0 Å². The van der Waals surface area contributed by atoms with E-state index in [4.69, 9.17) is 10.3 Å². The maximum Gasteiger partial charge on any atom is 0.434 e. The van der Waals surface area contributed by atoms with Crippen LogP contribution in [0.1, 0.15) is 46.3 Å². The molecule has 3 heterocycles. The van der Waals surface area contributed by atoms with E-state index in [9.17, 15) is 13.2 Å². The molecule has 0 bridgehead atoms. The summed E-state index contributed by atoms with van der Waals surface area (Å²) in [6, 6.07) is 50.0. The van der Waals surface area contributed by atoms with Crippen LogP contribution in [-0.4, -0.2) is 29.8 Å². The molecule has 8 aromatic rings.